The third-order valence-electron chi connectivity index (χ3n) is 5.56. The van der Waals surface area contributed by atoms with Crippen molar-refractivity contribution in [1.29, 1.82) is 5.41 Å². The van der Waals surface area contributed by atoms with Crippen molar-refractivity contribution in [2.45, 2.75) is 6.42 Å². The summed E-state index contributed by atoms with van der Waals surface area (Å²) in [4.78, 5) is 17.9. The number of thiophene rings is 1. The Bertz CT molecular complexity index is 1450. The molecule has 0 saturated carbocycles. The minimum atomic E-state index is -0.481. The lowest BCUT2D eigenvalue weighted by Crippen LogP contribution is -2.35. The van der Waals surface area contributed by atoms with Crippen LogP contribution in [0.25, 0.3) is 6.08 Å². The second kappa shape index (κ2) is 11.5. The van der Waals surface area contributed by atoms with Gasteiger partial charge in [0, 0.05) is 6.42 Å². The van der Waals surface area contributed by atoms with Crippen molar-refractivity contribution in [3.8, 4) is 23.0 Å². The van der Waals surface area contributed by atoms with Gasteiger partial charge < -0.3 is 18.9 Å². The number of rotatable bonds is 10. The summed E-state index contributed by atoms with van der Waals surface area (Å²) in [6.07, 6.45) is 2.27. The monoisotopic (exact) mass is 548 g/mol. The molecule has 0 atom stereocenters. The summed E-state index contributed by atoms with van der Waals surface area (Å²) in [6.45, 7) is 0.884. The highest BCUT2D eigenvalue weighted by molar-refractivity contribution is 8.27. The molecule has 194 valence electrons. The van der Waals surface area contributed by atoms with Crippen LogP contribution in [-0.4, -0.2) is 54.4 Å². The average Bonchev–Trinajstić information content (AvgIpc) is 3.62. The number of hydrazone groups is 1. The van der Waals surface area contributed by atoms with E-state index in [9.17, 15) is 4.79 Å². The van der Waals surface area contributed by atoms with Gasteiger partial charge >= 0.3 is 0 Å². The molecule has 0 aliphatic carbocycles. The lowest BCUT2D eigenvalue weighted by atomic mass is 10.1. The molecule has 2 aromatic carbocycles. The van der Waals surface area contributed by atoms with Gasteiger partial charge in [0.1, 0.15) is 5.04 Å². The number of carbonyl (C=O) groups excluding carboxylic acids is 1. The summed E-state index contributed by atoms with van der Waals surface area (Å²) in [5.41, 5.74) is 0.824. The predicted molar refractivity (Wildman–Crippen MR) is 150 cm³/mol. The molecule has 3 aromatic rings. The van der Waals surface area contributed by atoms with Crippen molar-refractivity contribution < 1.29 is 23.7 Å². The van der Waals surface area contributed by atoms with Gasteiger partial charge in [-0.25, -0.2) is 0 Å². The predicted octanol–water partition coefficient (Wildman–Crippen LogP) is 5.28. The molecule has 2 aliphatic heterocycles. The van der Waals surface area contributed by atoms with Crippen LogP contribution in [-0.2, 0) is 4.79 Å². The maximum Gasteiger partial charge on any atom is 0.283 e. The normalized spacial score (nSPS) is 15.7. The Kier molecular flexibility index (Phi) is 7.75. The molecule has 3 heterocycles. The van der Waals surface area contributed by atoms with Crippen molar-refractivity contribution in [1.82, 2.24) is 5.01 Å². The zero-order valence-corrected chi connectivity index (χ0v) is 22.3. The molecule has 11 heteroatoms. The molecule has 0 fully saturated rings. The minimum Gasteiger partial charge on any atom is -0.493 e. The molecule has 9 nitrogen and oxygen atoms in total. The van der Waals surface area contributed by atoms with E-state index >= 15 is 0 Å². The Hall–Kier alpha value is -4.09. The number of para-hydroxylation sites is 2. The molecule has 5 rings (SSSR count). The van der Waals surface area contributed by atoms with Crippen LogP contribution in [0.2, 0.25) is 0 Å². The summed E-state index contributed by atoms with van der Waals surface area (Å²) in [7, 11) is 3.16. The van der Waals surface area contributed by atoms with Crippen molar-refractivity contribution in [2.75, 3.05) is 27.4 Å². The van der Waals surface area contributed by atoms with E-state index in [1.807, 2.05) is 41.8 Å². The zero-order valence-electron chi connectivity index (χ0n) is 20.7. The van der Waals surface area contributed by atoms with Crippen molar-refractivity contribution >= 4 is 51.1 Å². The standard InChI is InChI=1S/C27H24N4O5S2/c1-33-19-7-3-4-8-20(19)35-12-6-13-36-21-11-10-17(16-22(21)34-2)15-18-24(28)31-27(29-25(18)32)38-26(30-31)23-9-5-14-37-23/h3-5,7-11,14-16,28H,6,12-13H2,1-2H3/b18-15-,28-24?. The van der Waals surface area contributed by atoms with Gasteiger partial charge in [-0.2, -0.15) is 15.1 Å². The average molecular weight is 549 g/mol. The smallest absolute Gasteiger partial charge is 0.283 e. The highest BCUT2D eigenvalue weighted by Gasteiger charge is 2.36. The SMILES string of the molecule is COc1ccccc1OCCCOc1ccc(/C=C2/C(=N)N3N=C(c4cccs4)SC3=NC2=O)cc1OC. The van der Waals surface area contributed by atoms with Crippen molar-refractivity contribution in [2.24, 2.45) is 10.1 Å². The van der Waals surface area contributed by atoms with Crippen LogP contribution in [0.4, 0.5) is 0 Å². The van der Waals surface area contributed by atoms with E-state index in [1.165, 1.54) is 16.8 Å². The van der Waals surface area contributed by atoms with Crippen LogP contribution in [0.1, 0.15) is 16.9 Å². The third kappa shape index (κ3) is 5.43. The number of nitrogens with one attached hydrogen (secondary N) is 1. The maximum atomic E-state index is 12.8. The van der Waals surface area contributed by atoms with Crippen LogP contribution in [0.3, 0.4) is 0 Å². The van der Waals surface area contributed by atoms with E-state index in [0.29, 0.717) is 58.4 Å². The van der Waals surface area contributed by atoms with Crippen molar-refractivity contribution in [3.63, 3.8) is 0 Å². The largest absolute Gasteiger partial charge is 0.493 e. The summed E-state index contributed by atoms with van der Waals surface area (Å²) >= 11 is 2.83. The number of amides is 1. The van der Waals surface area contributed by atoms with Gasteiger partial charge in [-0.1, -0.05) is 24.3 Å². The number of thioether (sulfide) groups is 1. The Morgan fingerprint density at radius 2 is 1.68 bits per heavy atom. The summed E-state index contributed by atoms with van der Waals surface area (Å²) in [5, 5.41) is 17.5. The number of hydrogen-bond acceptors (Lipinski definition) is 9. The fourth-order valence-corrected chi connectivity index (χ4v) is 5.40. The van der Waals surface area contributed by atoms with Gasteiger partial charge in [0.2, 0.25) is 5.17 Å². The highest BCUT2D eigenvalue weighted by Crippen LogP contribution is 2.34. The van der Waals surface area contributed by atoms with Gasteiger partial charge in [-0.3, -0.25) is 10.2 Å². The molecular weight excluding hydrogens is 524 g/mol. The topological polar surface area (TPSA) is 106 Å². The van der Waals surface area contributed by atoms with Gasteiger partial charge in [0.15, 0.2) is 28.8 Å². The Morgan fingerprint density at radius 3 is 2.39 bits per heavy atom. The molecule has 38 heavy (non-hydrogen) atoms. The highest BCUT2D eigenvalue weighted by atomic mass is 32.2. The third-order valence-corrected chi connectivity index (χ3v) is 7.51. The quantitative estimate of drug-likeness (QED) is 0.271. The van der Waals surface area contributed by atoms with E-state index < -0.39 is 5.91 Å². The number of aliphatic imine (C=N–C) groups is 1. The van der Waals surface area contributed by atoms with Crippen LogP contribution in [0.15, 0.2) is 75.6 Å². The Balaban J connectivity index is 1.23. The van der Waals surface area contributed by atoms with E-state index in [-0.39, 0.29) is 11.4 Å². The zero-order chi connectivity index (χ0) is 26.5. The van der Waals surface area contributed by atoms with Gasteiger partial charge in [-0.15, -0.1) is 11.3 Å². The number of fused-ring (bicyclic) bond motifs is 1. The number of ether oxygens (including phenoxy) is 4. The molecule has 2 aliphatic rings. The summed E-state index contributed by atoms with van der Waals surface area (Å²) in [5.74, 6) is 1.95. The van der Waals surface area contributed by atoms with Crippen LogP contribution in [0, 0.1) is 5.41 Å². The number of nitrogens with zero attached hydrogens (tertiary/aromatic N) is 3. The first-order chi connectivity index (χ1) is 18.6. The number of amidine groups is 2. The molecular formula is C27H24N4O5S2. The molecule has 0 unspecified atom stereocenters. The van der Waals surface area contributed by atoms with E-state index in [2.05, 4.69) is 10.1 Å². The van der Waals surface area contributed by atoms with Crippen LogP contribution in [0.5, 0.6) is 23.0 Å². The maximum absolute atomic E-state index is 12.8. The van der Waals surface area contributed by atoms with E-state index in [0.717, 1.165) is 4.88 Å². The molecule has 0 saturated heterocycles. The minimum absolute atomic E-state index is 0.0200. The Labute approximate surface area is 227 Å². The Morgan fingerprint density at radius 1 is 0.947 bits per heavy atom. The van der Waals surface area contributed by atoms with Crippen LogP contribution >= 0.6 is 23.1 Å². The molecule has 1 aromatic heterocycles. The lowest BCUT2D eigenvalue weighted by molar-refractivity contribution is -0.114. The first-order valence-electron chi connectivity index (χ1n) is 11.7. The lowest BCUT2D eigenvalue weighted by Gasteiger charge is -2.20. The summed E-state index contributed by atoms with van der Waals surface area (Å²) in [6, 6.07) is 16.7. The summed E-state index contributed by atoms with van der Waals surface area (Å²) < 4.78 is 22.5. The molecule has 1 amide bonds. The number of carbonyl (C=O) groups is 1. The second-order valence-corrected chi connectivity index (χ2v) is 9.92. The first kappa shape index (κ1) is 25.6. The second-order valence-electron chi connectivity index (χ2n) is 8.01. The molecule has 0 spiro atoms. The molecule has 0 radical (unpaired) electrons. The van der Waals surface area contributed by atoms with Gasteiger partial charge in [-0.05, 0) is 59.1 Å². The number of methoxy groups -OCH3 is 2. The van der Waals surface area contributed by atoms with Crippen molar-refractivity contribution in [3.05, 3.63) is 76.0 Å². The first-order valence-corrected chi connectivity index (χ1v) is 13.4. The fourth-order valence-electron chi connectivity index (χ4n) is 3.71. The number of benzene rings is 2. The molecule has 0 bridgehead atoms. The molecule has 1 N–H and O–H groups in total. The van der Waals surface area contributed by atoms with Gasteiger partial charge in [0.25, 0.3) is 5.91 Å². The van der Waals surface area contributed by atoms with E-state index in [1.54, 1.807) is 49.8 Å². The number of hydrogen-bond donors (Lipinski definition) is 1. The van der Waals surface area contributed by atoms with Crippen LogP contribution < -0.4 is 18.9 Å². The fraction of sp³-hybridized carbons (Fsp3) is 0.185. The van der Waals surface area contributed by atoms with E-state index in [4.69, 9.17) is 24.4 Å². The van der Waals surface area contributed by atoms with Gasteiger partial charge in [0.05, 0.1) is 37.9 Å².